The molecule has 0 bridgehead atoms. The molecule has 1 atom stereocenters. The first-order valence-electron chi connectivity index (χ1n) is 5.42. The summed E-state index contributed by atoms with van der Waals surface area (Å²) in [5.74, 6) is -0.0183. The van der Waals surface area contributed by atoms with Crippen LogP contribution < -0.4 is 5.32 Å². The Morgan fingerprint density at radius 3 is 2.61 bits per heavy atom. The van der Waals surface area contributed by atoms with Crippen LogP contribution in [0.1, 0.15) is 19.4 Å². The van der Waals surface area contributed by atoms with E-state index in [-0.39, 0.29) is 11.2 Å². The second-order valence-corrected chi connectivity index (χ2v) is 6.09. The molecular weight excluding hydrogens is 314 g/mol. The number of nitrogens with one attached hydrogen (secondary N) is 1. The first kappa shape index (κ1) is 13.3. The van der Waals surface area contributed by atoms with E-state index in [0.717, 1.165) is 15.7 Å². The van der Waals surface area contributed by atoms with Crippen molar-refractivity contribution in [1.29, 1.82) is 0 Å². The van der Waals surface area contributed by atoms with Crippen molar-refractivity contribution < 1.29 is 4.79 Å². The molecule has 1 fully saturated rings. The molecule has 1 aromatic carbocycles. The lowest BCUT2D eigenvalue weighted by molar-refractivity contribution is -0.118. The molecule has 0 radical (unpaired) electrons. The molecule has 4 nitrogen and oxygen atoms in total. The van der Waals surface area contributed by atoms with E-state index in [1.807, 2.05) is 38.1 Å². The number of rotatable bonds is 2. The highest BCUT2D eigenvalue weighted by Gasteiger charge is 2.25. The quantitative estimate of drug-likeness (QED) is 0.671. The summed E-state index contributed by atoms with van der Waals surface area (Å²) in [5, 5.41) is 11.3. The van der Waals surface area contributed by atoms with Crippen molar-refractivity contribution in [2.75, 3.05) is 0 Å². The van der Waals surface area contributed by atoms with Crippen LogP contribution in [0.2, 0.25) is 0 Å². The van der Waals surface area contributed by atoms with Crippen molar-refractivity contribution in [3.8, 4) is 0 Å². The number of carbonyl (C=O) groups is 1. The van der Waals surface area contributed by atoms with E-state index in [0.29, 0.717) is 5.17 Å². The first-order chi connectivity index (χ1) is 8.56. The van der Waals surface area contributed by atoms with Crippen molar-refractivity contribution in [2.45, 2.75) is 19.1 Å². The molecule has 2 rings (SSSR count). The van der Waals surface area contributed by atoms with Crippen LogP contribution in [0.25, 0.3) is 0 Å². The maximum absolute atomic E-state index is 11.3. The van der Waals surface area contributed by atoms with Crippen molar-refractivity contribution in [2.24, 2.45) is 10.2 Å². The van der Waals surface area contributed by atoms with Gasteiger partial charge in [-0.25, -0.2) is 0 Å². The minimum absolute atomic E-state index is 0.0183. The minimum Gasteiger partial charge on any atom is -0.303 e. The highest BCUT2D eigenvalue weighted by atomic mass is 79.9. The standard InChI is InChI=1S/C12H12BrN3OS/c1-7(9-3-5-10(13)6-4-9)15-16-12-14-11(17)8(2)18-12/h3-6,8H,1-2H3,(H,14,16,17)/b15-7-/t8-/m1/s1. The van der Waals surface area contributed by atoms with Gasteiger partial charge in [0.15, 0.2) is 5.17 Å². The van der Waals surface area contributed by atoms with E-state index in [4.69, 9.17) is 0 Å². The maximum atomic E-state index is 11.3. The highest BCUT2D eigenvalue weighted by Crippen LogP contribution is 2.18. The van der Waals surface area contributed by atoms with Crippen LogP contribution in [0.5, 0.6) is 0 Å². The molecule has 0 spiro atoms. The molecule has 0 unspecified atom stereocenters. The molecule has 1 N–H and O–H groups in total. The van der Waals surface area contributed by atoms with Gasteiger partial charge in [-0.1, -0.05) is 39.8 Å². The summed E-state index contributed by atoms with van der Waals surface area (Å²) >= 11 is 4.77. The number of carbonyl (C=O) groups excluding carboxylic acids is 1. The third kappa shape index (κ3) is 3.20. The number of hydrogen-bond donors (Lipinski definition) is 1. The van der Waals surface area contributed by atoms with Crippen LogP contribution in [0.4, 0.5) is 0 Å². The van der Waals surface area contributed by atoms with Crippen LogP contribution >= 0.6 is 27.7 Å². The molecule has 94 valence electrons. The highest BCUT2D eigenvalue weighted by molar-refractivity contribution is 9.10. The molecule has 18 heavy (non-hydrogen) atoms. The summed E-state index contributed by atoms with van der Waals surface area (Å²) in [6.45, 7) is 3.73. The number of amides is 1. The predicted molar refractivity (Wildman–Crippen MR) is 79.0 cm³/mol. The van der Waals surface area contributed by atoms with Crippen LogP contribution in [0.3, 0.4) is 0 Å². The zero-order valence-electron chi connectivity index (χ0n) is 9.98. The van der Waals surface area contributed by atoms with Crippen LogP contribution in [-0.4, -0.2) is 22.0 Å². The van der Waals surface area contributed by atoms with Crippen molar-refractivity contribution in [3.63, 3.8) is 0 Å². The lowest BCUT2D eigenvalue weighted by Crippen LogP contribution is -2.23. The Kier molecular flexibility index (Phi) is 4.19. The summed E-state index contributed by atoms with van der Waals surface area (Å²) in [6.07, 6.45) is 0. The van der Waals surface area contributed by atoms with Crippen molar-refractivity contribution in [3.05, 3.63) is 34.3 Å². The van der Waals surface area contributed by atoms with Gasteiger partial charge in [-0.2, -0.15) is 5.10 Å². The largest absolute Gasteiger partial charge is 0.303 e. The van der Waals surface area contributed by atoms with E-state index in [2.05, 4.69) is 31.4 Å². The lowest BCUT2D eigenvalue weighted by atomic mass is 10.1. The van der Waals surface area contributed by atoms with Gasteiger partial charge in [0.2, 0.25) is 5.91 Å². The van der Waals surface area contributed by atoms with Crippen molar-refractivity contribution in [1.82, 2.24) is 5.32 Å². The van der Waals surface area contributed by atoms with E-state index >= 15 is 0 Å². The van der Waals surface area contributed by atoms with E-state index in [9.17, 15) is 4.79 Å². The normalized spacial score (nSPS) is 22.4. The van der Waals surface area contributed by atoms with Gasteiger partial charge in [0.25, 0.3) is 0 Å². The summed E-state index contributed by atoms with van der Waals surface area (Å²) in [5.41, 5.74) is 1.81. The van der Waals surface area contributed by atoms with Gasteiger partial charge in [0.05, 0.1) is 11.0 Å². The zero-order valence-corrected chi connectivity index (χ0v) is 12.4. The second-order valence-electron chi connectivity index (χ2n) is 3.85. The molecule has 1 amide bonds. The number of nitrogens with zero attached hydrogens (tertiary/aromatic N) is 2. The van der Waals surface area contributed by atoms with Gasteiger partial charge in [-0.05, 0) is 31.5 Å². The summed E-state index contributed by atoms with van der Waals surface area (Å²) in [6, 6.07) is 7.84. The first-order valence-corrected chi connectivity index (χ1v) is 7.09. The Balaban J connectivity index is 2.12. The van der Waals surface area contributed by atoms with E-state index < -0.39 is 0 Å². The van der Waals surface area contributed by atoms with Gasteiger partial charge in [0.1, 0.15) is 0 Å². The smallest absolute Gasteiger partial charge is 0.239 e. The Labute approximate surface area is 118 Å². The third-order valence-corrected chi connectivity index (χ3v) is 3.94. The predicted octanol–water partition coefficient (Wildman–Crippen LogP) is 2.78. The summed E-state index contributed by atoms with van der Waals surface area (Å²) in [7, 11) is 0. The van der Waals surface area contributed by atoms with Crippen LogP contribution in [0.15, 0.2) is 38.9 Å². The molecule has 0 aromatic heterocycles. The van der Waals surface area contributed by atoms with E-state index in [1.165, 1.54) is 11.8 Å². The number of thioether (sulfide) groups is 1. The molecule has 0 aliphatic carbocycles. The molecule has 1 aliphatic rings. The fourth-order valence-corrected chi connectivity index (χ4v) is 2.39. The Hall–Kier alpha value is -1.14. The summed E-state index contributed by atoms with van der Waals surface area (Å²) < 4.78 is 1.03. The molecule has 1 saturated heterocycles. The fraction of sp³-hybridized carbons (Fsp3) is 0.250. The van der Waals surface area contributed by atoms with Gasteiger partial charge >= 0.3 is 0 Å². The van der Waals surface area contributed by atoms with Crippen molar-refractivity contribution >= 4 is 44.5 Å². The Bertz CT molecular complexity index is 525. The molecule has 6 heteroatoms. The van der Waals surface area contributed by atoms with Gasteiger partial charge in [0, 0.05) is 4.47 Å². The average molecular weight is 326 g/mol. The SMILES string of the molecule is C/C(=N/N=C1/NC(=O)[C@@H](C)S1)c1ccc(Br)cc1. The van der Waals surface area contributed by atoms with E-state index in [1.54, 1.807) is 0 Å². The van der Waals surface area contributed by atoms with Crippen LogP contribution in [-0.2, 0) is 4.79 Å². The van der Waals surface area contributed by atoms with Crippen LogP contribution in [0, 0.1) is 0 Å². The third-order valence-electron chi connectivity index (χ3n) is 2.44. The molecule has 0 saturated carbocycles. The average Bonchev–Trinajstić information content (AvgIpc) is 2.67. The monoisotopic (exact) mass is 325 g/mol. The lowest BCUT2D eigenvalue weighted by Gasteiger charge is -1.98. The Morgan fingerprint density at radius 1 is 1.39 bits per heavy atom. The van der Waals surface area contributed by atoms with Gasteiger partial charge < -0.3 is 5.32 Å². The number of halogens is 1. The molecule has 1 heterocycles. The number of hydrogen-bond acceptors (Lipinski definition) is 4. The topological polar surface area (TPSA) is 53.8 Å². The number of amidine groups is 1. The molecule has 1 aliphatic heterocycles. The Morgan fingerprint density at radius 2 is 2.06 bits per heavy atom. The number of benzene rings is 1. The molecule has 1 aromatic rings. The zero-order chi connectivity index (χ0) is 13.1. The summed E-state index contributed by atoms with van der Waals surface area (Å²) in [4.78, 5) is 11.3. The fourth-order valence-electron chi connectivity index (χ4n) is 1.38. The maximum Gasteiger partial charge on any atom is 0.239 e. The molecular formula is C12H12BrN3OS. The minimum atomic E-state index is -0.0908. The van der Waals surface area contributed by atoms with Gasteiger partial charge in [-0.3, -0.25) is 4.79 Å². The van der Waals surface area contributed by atoms with Gasteiger partial charge in [-0.15, -0.1) is 5.10 Å². The second kappa shape index (κ2) is 5.67.